The van der Waals surface area contributed by atoms with Gasteiger partial charge in [-0.15, -0.1) is 0 Å². The Morgan fingerprint density at radius 1 is 0.978 bits per heavy atom. The van der Waals surface area contributed by atoms with E-state index in [0.717, 1.165) is 31.2 Å². The third-order valence-electron chi connectivity index (χ3n) is 7.82. The Kier molecular flexibility index (Phi) is 9.48. The number of nitrogens with zero attached hydrogens (tertiary/aromatic N) is 3. The van der Waals surface area contributed by atoms with E-state index in [2.05, 4.69) is 15.3 Å². The molecule has 2 aromatic carbocycles. The van der Waals surface area contributed by atoms with Crippen LogP contribution in [0.15, 0.2) is 54.7 Å². The lowest BCUT2D eigenvalue weighted by molar-refractivity contribution is -0.156. The number of carbonyl (C=O) groups excluding carboxylic acids is 1. The van der Waals surface area contributed by atoms with Crippen molar-refractivity contribution in [2.45, 2.75) is 82.9 Å². The van der Waals surface area contributed by atoms with E-state index < -0.39 is 32.8 Å². The number of benzene rings is 2. The fraction of sp³-hybridized carbons (Fsp3) is 0.412. The summed E-state index contributed by atoms with van der Waals surface area (Å²) in [5.41, 5.74) is 3.12. The molecule has 0 saturated heterocycles. The van der Waals surface area contributed by atoms with Gasteiger partial charge in [-0.2, -0.15) is 0 Å². The number of aryl methyl sites for hydroxylation is 1. The standard InChI is InChI=1S/C34H38F2N4O4S/c1-21-15-29(24-9-10-25(28(36)17-24)20-45(42,43)19-23-5-11-26(35)12-6-23)39-30-18-37-33(40-32(21)30)38-27-13-7-22(8-14-27)16-31(41)44-34(2,3)4/h5-6,9-12,15,17-18,22,27H,7-8,13-14,16,19-20H2,1-4H3,(H,37,38,40). The summed E-state index contributed by atoms with van der Waals surface area (Å²) in [5.74, 6) is -1.22. The first-order valence-electron chi connectivity index (χ1n) is 15.1. The van der Waals surface area contributed by atoms with E-state index in [0.29, 0.717) is 46.1 Å². The smallest absolute Gasteiger partial charge is 0.306 e. The molecule has 1 aliphatic rings. The second kappa shape index (κ2) is 13.2. The van der Waals surface area contributed by atoms with E-state index in [9.17, 15) is 17.6 Å². The molecule has 11 heteroatoms. The highest BCUT2D eigenvalue weighted by Gasteiger charge is 2.26. The Hall–Kier alpha value is -3.99. The third kappa shape index (κ3) is 8.81. The second-order valence-electron chi connectivity index (χ2n) is 12.9. The van der Waals surface area contributed by atoms with Crippen LogP contribution in [0.2, 0.25) is 0 Å². The molecule has 5 rings (SSSR count). The summed E-state index contributed by atoms with van der Waals surface area (Å²) in [4.78, 5) is 26.0. The molecule has 0 spiro atoms. The summed E-state index contributed by atoms with van der Waals surface area (Å²) < 4.78 is 59.1. The van der Waals surface area contributed by atoms with E-state index in [1.807, 2.05) is 33.8 Å². The molecule has 1 N–H and O–H groups in total. The number of esters is 1. The zero-order valence-corrected chi connectivity index (χ0v) is 26.8. The van der Waals surface area contributed by atoms with E-state index in [1.54, 1.807) is 12.3 Å². The van der Waals surface area contributed by atoms with Gasteiger partial charge in [-0.25, -0.2) is 32.2 Å². The van der Waals surface area contributed by atoms with Crippen LogP contribution in [0.5, 0.6) is 0 Å². The van der Waals surface area contributed by atoms with Gasteiger partial charge < -0.3 is 10.1 Å². The van der Waals surface area contributed by atoms with Gasteiger partial charge >= 0.3 is 5.97 Å². The number of pyridine rings is 1. The van der Waals surface area contributed by atoms with Crippen molar-refractivity contribution in [3.8, 4) is 11.3 Å². The first kappa shape index (κ1) is 32.4. The summed E-state index contributed by atoms with van der Waals surface area (Å²) >= 11 is 0. The number of hydrogen-bond acceptors (Lipinski definition) is 8. The predicted octanol–water partition coefficient (Wildman–Crippen LogP) is 7.10. The SMILES string of the molecule is Cc1cc(-c2ccc(CS(=O)(=O)Cc3ccc(F)cc3)c(F)c2)nc2cnc(NC3CCC(CC(=O)OC(C)(C)C)CC3)nc12. The zero-order valence-electron chi connectivity index (χ0n) is 25.9. The van der Waals surface area contributed by atoms with Crippen molar-refractivity contribution in [1.82, 2.24) is 15.0 Å². The molecule has 0 aliphatic heterocycles. The lowest BCUT2D eigenvalue weighted by Gasteiger charge is -2.29. The Bertz CT molecular complexity index is 1800. The van der Waals surface area contributed by atoms with Crippen molar-refractivity contribution < 1.29 is 26.7 Å². The van der Waals surface area contributed by atoms with Crippen LogP contribution in [-0.4, -0.2) is 41.0 Å². The molecule has 0 atom stereocenters. The van der Waals surface area contributed by atoms with Crippen molar-refractivity contribution >= 4 is 32.8 Å². The van der Waals surface area contributed by atoms with Crippen LogP contribution in [-0.2, 0) is 30.9 Å². The van der Waals surface area contributed by atoms with E-state index in [1.165, 1.54) is 36.4 Å². The van der Waals surface area contributed by atoms with Gasteiger partial charge in [-0.05, 0) is 94.7 Å². The molecular formula is C34H38F2N4O4S. The monoisotopic (exact) mass is 636 g/mol. The molecule has 2 heterocycles. The van der Waals surface area contributed by atoms with Crippen LogP contribution < -0.4 is 5.32 Å². The van der Waals surface area contributed by atoms with Crippen molar-refractivity contribution in [3.63, 3.8) is 0 Å². The van der Waals surface area contributed by atoms with Gasteiger partial charge in [0.15, 0.2) is 9.84 Å². The van der Waals surface area contributed by atoms with Crippen LogP contribution in [0.3, 0.4) is 0 Å². The van der Waals surface area contributed by atoms with Gasteiger partial charge in [-0.3, -0.25) is 4.79 Å². The maximum atomic E-state index is 15.1. The number of rotatable bonds is 9. The van der Waals surface area contributed by atoms with Gasteiger partial charge in [0, 0.05) is 23.6 Å². The minimum atomic E-state index is -3.68. The summed E-state index contributed by atoms with van der Waals surface area (Å²) in [6.45, 7) is 7.53. The first-order valence-corrected chi connectivity index (χ1v) is 16.9. The van der Waals surface area contributed by atoms with Gasteiger partial charge in [0.2, 0.25) is 5.95 Å². The van der Waals surface area contributed by atoms with Gasteiger partial charge in [0.25, 0.3) is 0 Å². The Morgan fingerprint density at radius 3 is 2.36 bits per heavy atom. The van der Waals surface area contributed by atoms with E-state index in [4.69, 9.17) is 9.72 Å². The Balaban J connectivity index is 1.22. The van der Waals surface area contributed by atoms with Crippen LogP contribution in [0.4, 0.5) is 14.7 Å². The lowest BCUT2D eigenvalue weighted by Crippen LogP contribution is -2.30. The maximum absolute atomic E-state index is 15.1. The fourth-order valence-corrected chi connectivity index (χ4v) is 7.17. The summed E-state index contributed by atoms with van der Waals surface area (Å²) in [6, 6.07) is 11.6. The molecule has 0 radical (unpaired) electrons. The van der Waals surface area contributed by atoms with Crippen LogP contribution in [0.25, 0.3) is 22.3 Å². The number of hydrogen-bond donors (Lipinski definition) is 1. The molecule has 0 bridgehead atoms. The molecule has 4 aromatic rings. The van der Waals surface area contributed by atoms with Crippen molar-refractivity contribution in [1.29, 1.82) is 0 Å². The van der Waals surface area contributed by atoms with Crippen molar-refractivity contribution in [2.75, 3.05) is 5.32 Å². The normalized spacial score (nSPS) is 17.3. The van der Waals surface area contributed by atoms with Crippen molar-refractivity contribution in [3.05, 3.63) is 83.1 Å². The summed E-state index contributed by atoms with van der Waals surface area (Å²) in [5, 5.41) is 3.43. The highest BCUT2D eigenvalue weighted by Crippen LogP contribution is 2.30. The Morgan fingerprint density at radius 2 is 1.69 bits per heavy atom. The topological polar surface area (TPSA) is 111 Å². The number of anilines is 1. The van der Waals surface area contributed by atoms with Crippen LogP contribution in [0.1, 0.15) is 69.6 Å². The first-order chi connectivity index (χ1) is 21.2. The molecule has 238 valence electrons. The molecule has 1 fully saturated rings. The molecule has 0 unspecified atom stereocenters. The number of nitrogens with one attached hydrogen (secondary N) is 1. The average molecular weight is 637 g/mol. The number of halogens is 2. The third-order valence-corrected chi connectivity index (χ3v) is 9.34. The Labute approximate surface area is 262 Å². The van der Waals surface area contributed by atoms with E-state index >= 15 is 4.39 Å². The molecular weight excluding hydrogens is 598 g/mol. The predicted molar refractivity (Wildman–Crippen MR) is 170 cm³/mol. The van der Waals surface area contributed by atoms with Crippen LogP contribution >= 0.6 is 0 Å². The number of carbonyl (C=O) groups is 1. The minimum Gasteiger partial charge on any atom is -0.460 e. The summed E-state index contributed by atoms with van der Waals surface area (Å²) in [7, 11) is -3.68. The number of sulfone groups is 1. The largest absolute Gasteiger partial charge is 0.460 e. The zero-order chi connectivity index (χ0) is 32.4. The minimum absolute atomic E-state index is 0.0521. The quantitative estimate of drug-likeness (QED) is 0.194. The molecule has 0 amide bonds. The number of aromatic nitrogens is 3. The highest BCUT2D eigenvalue weighted by atomic mass is 32.2. The molecule has 45 heavy (non-hydrogen) atoms. The summed E-state index contributed by atoms with van der Waals surface area (Å²) in [6.07, 6.45) is 5.73. The number of ether oxygens (including phenoxy) is 1. The lowest BCUT2D eigenvalue weighted by atomic mass is 9.84. The molecule has 1 aliphatic carbocycles. The molecule has 1 saturated carbocycles. The van der Waals surface area contributed by atoms with Crippen molar-refractivity contribution in [2.24, 2.45) is 5.92 Å². The second-order valence-corrected chi connectivity index (χ2v) is 14.9. The van der Waals surface area contributed by atoms with E-state index in [-0.39, 0.29) is 23.3 Å². The van der Waals surface area contributed by atoms with Gasteiger partial charge in [-0.1, -0.05) is 24.3 Å². The fourth-order valence-electron chi connectivity index (χ4n) is 5.66. The average Bonchev–Trinajstić information content (AvgIpc) is 2.95. The maximum Gasteiger partial charge on any atom is 0.306 e. The molecule has 8 nitrogen and oxygen atoms in total. The van der Waals surface area contributed by atoms with Gasteiger partial charge in [0.05, 0.1) is 28.9 Å². The number of fused-ring (bicyclic) bond motifs is 1. The molecule has 2 aromatic heterocycles. The van der Waals surface area contributed by atoms with Gasteiger partial charge in [0.1, 0.15) is 22.8 Å². The van der Waals surface area contributed by atoms with Crippen LogP contribution in [0, 0.1) is 24.5 Å². The highest BCUT2D eigenvalue weighted by molar-refractivity contribution is 7.89.